The van der Waals surface area contributed by atoms with Crippen molar-refractivity contribution in [2.45, 2.75) is 53.0 Å². The Morgan fingerprint density at radius 2 is 1.62 bits per heavy atom. The van der Waals surface area contributed by atoms with Crippen molar-refractivity contribution >= 4 is 0 Å². The monoisotopic (exact) mass is 249 g/mol. The molecule has 1 aliphatic heterocycles. The molecule has 1 fully saturated rings. The van der Waals surface area contributed by atoms with Crippen LogP contribution in [0.25, 0.3) is 0 Å². The summed E-state index contributed by atoms with van der Waals surface area (Å²) in [6.45, 7) is 19.2. The average Bonchev–Trinajstić information content (AvgIpc) is 2.20. The summed E-state index contributed by atoms with van der Waals surface area (Å²) in [6.07, 6.45) is 5.42. The first-order chi connectivity index (χ1) is 6.99. The Kier molecular flexibility index (Phi) is 13.1. The van der Waals surface area contributed by atoms with Crippen molar-refractivity contribution in [1.82, 2.24) is 4.90 Å². The Morgan fingerprint density at radius 1 is 1.25 bits per heavy atom. The third-order valence-corrected chi connectivity index (χ3v) is 3.12. The van der Waals surface area contributed by atoms with Crippen LogP contribution in [-0.2, 0) is 0 Å². The fourth-order valence-electron chi connectivity index (χ4n) is 1.76. The van der Waals surface area contributed by atoms with E-state index < -0.39 is 0 Å². The van der Waals surface area contributed by atoms with Crippen molar-refractivity contribution < 1.29 is 51.4 Å². The molecule has 0 unspecified atom stereocenters. The molecule has 0 aromatic carbocycles. The van der Waals surface area contributed by atoms with Gasteiger partial charge in [-0.05, 0) is 26.9 Å². The fourth-order valence-corrected chi connectivity index (χ4v) is 1.76. The van der Waals surface area contributed by atoms with Gasteiger partial charge in [-0.3, -0.25) is 0 Å². The summed E-state index contributed by atoms with van der Waals surface area (Å²) in [5.41, 5.74) is 0.283. The second-order valence-corrected chi connectivity index (χ2v) is 4.96. The molecule has 1 rings (SSSR count). The molecule has 0 atom stereocenters. The molecule has 2 heteroatoms. The van der Waals surface area contributed by atoms with Gasteiger partial charge in [-0.2, -0.15) is 19.3 Å². The molecule has 0 saturated carbocycles. The molecule has 0 radical (unpaired) electrons. The summed E-state index contributed by atoms with van der Waals surface area (Å²) in [7, 11) is 0. The van der Waals surface area contributed by atoms with Crippen LogP contribution in [0.5, 0.6) is 0 Å². The topological polar surface area (TPSA) is 3.24 Å². The molecular weight excluding hydrogens is 221 g/mol. The van der Waals surface area contributed by atoms with E-state index in [1.807, 2.05) is 20.3 Å². The van der Waals surface area contributed by atoms with Crippen LogP contribution in [0.2, 0.25) is 0 Å². The van der Waals surface area contributed by atoms with Gasteiger partial charge >= 0.3 is 51.4 Å². The van der Waals surface area contributed by atoms with Crippen molar-refractivity contribution in [2.24, 2.45) is 5.41 Å². The number of hydrogen-bond acceptors (Lipinski definition) is 1. The molecule has 0 aromatic rings. The zero-order valence-electron chi connectivity index (χ0n) is 12.1. The van der Waals surface area contributed by atoms with Gasteiger partial charge in [0, 0.05) is 6.04 Å². The SMILES string of the molecule is C[CH-]C.[CH2-]CC1([CH2-])CCN(C(C)C)CC1.[K+]. The number of rotatable bonds is 2. The largest absolute Gasteiger partial charge is 1.00 e. The van der Waals surface area contributed by atoms with Crippen LogP contribution < -0.4 is 51.4 Å². The first kappa shape index (κ1) is 19.9. The predicted octanol–water partition coefficient (Wildman–Crippen LogP) is 0.770. The number of piperidine rings is 1. The van der Waals surface area contributed by atoms with E-state index in [0.29, 0.717) is 6.04 Å². The van der Waals surface area contributed by atoms with Gasteiger partial charge in [-0.15, -0.1) is 0 Å². The van der Waals surface area contributed by atoms with Crippen molar-refractivity contribution in [3.8, 4) is 0 Å². The van der Waals surface area contributed by atoms with Gasteiger partial charge in [-0.1, -0.05) is 12.8 Å². The quantitative estimate of drug-likeness (QED) is 0.516. The average molecular weight is 249 g/mol. The number of nitrogens with zero attached hydrogens (tertiary/aromatic N) is 1. The van der Waals surface area contributed by atoms with E-state index in [2.05, 4.69) is 32.6 Å². The van der Waals surface area contributed by atoms with Crippen molar-refractivity contribution in [2.75, 3.05) is 13.1 Å². The minimum Gasteiger partial charge on any atom is -0.345 e. The predicted molar refractivity (Wildman–Crippen MR) is 69.4 cm³/mol. The maximum atomic E-state index is 4.25. The van der Waals surface area contributed by atoms with Crippen LogP contribution >= 0.6 is 0 Å². The third-order valence-electron chi connectivity index (χ3n) is 3.12. The van der Waals surface area contributed by atoms with E-state index >= 15 is 0 Å². The van der Waals surface area contributed by atoms with Gasteiger partial charge in [-0.25, -0.2) is 6.42 Å². The smallest absolute Gasteiger partial charge is 0.345 e. The normalized spacial score (nSPS) is 19.7. The molecular formula is C14H28KN-2. The zero-order chi connectivity index (χ0) is 11.9. The summed E-state index contributed by atoms with van der Waals surface area (Å²) >= 11 is 0. The van der Waals surface area contributed by atoms with Gasteiger partial charge in [0.25, 0.3) is 0 Å². The molecule has 1 nitrogen and oxygen atoms in total. The summed E-state index contributed by atoms with van der Waals surface area (Å²) in [5, 5.41) is 0. The van der Waals surface area contributed by atoms with Crippen molar-refractivity contribution in [3.63, 3.8) is 0 Å². The van der Waals surface area contributed by atoms with Gasteiger partial charge in [0.05, 0.1) is 0 Å². The van der Waals surface area contributed by atoms with E-state index in [0.717, 1.165) is 6.42 Å². The Labute approximate surface area is 146 Å². The summed E-state index contributed by atoms with van der Waals surface area (Å²) in [5.74, 6) is 0. The molecule has 0 aromatic heterocycles. The molecule has 0 amide bonds. The van der Waals surface area contributed by atoms with Crippen LogP contribution in [0.4, 0.5) is 0 Å². The second kappa shape index (κ2) is 10.5. The van der Waals surface area contributed by atoms with Gasteiger partial charge in [0.15, 0.2) is 0 Å². The molecule has 92 valence electrons. The molecule has 1 aliphatic rings. The molecule has 16 heavy (non-hydrogen) atoms. The van der Waals surface area contributed by atoms with Crippen LogP contribution in [0.3, 0.4) is 0 Å². The van der Waals surface area contributed by atoms with E-state index in [1.165, 1.54) is 25.9 Å². The summed E-state index contributed by atoms with van der Waals surface area (Å²) < 4.78 is 0. The van der Waals surface area contributed by atoms with Gasteiger partial charge < -0.3 is 25.2 Å². The summed E-state index contributed by atoms with van der Waals surface area (Å²) in [6, 6.07) is 0.694. The maximum absolute atomic E-state index is 4.25. The fraction of sp³-hybridized carbons (Fsp3) is 0.786. The van der Waals surface area contributed by atoms with E-state index in [1.54, 1.807) is 0 Å². The van der Waals surface area contributed by atoms with E-state index in [-0.39, 0.29) is 56.8 Å². The number of hydrogen-bond donors (Lipinski definition) is 0. The van der Waals surface area contributed by atoms with Gasteiger partial charge in [0.1, 0.15) is 0 Å². The van der Waals surface area contributed by atoms with Crippen LogP contribution in [-0.4, -0.2) is 24.0 Å². The summed E-state index contributed by atoms with van der Waals surface area (Å²) in [4.78, 5) is 2.53. The molecule has 0 spiro atoms. The van der Waals surface area contributed by atoms with Gasteiger partial charge in [0.2, 0.25) is 0 Å². The molecule has 0 bridgehead atoms. The van der Waals surface area contributed by atoms with Crippen LogP contribution in [0.1, 0.15) is 47.0 Å². The molecule has 1 heterocycles. The first-order valence-corrected chi connectivity index (χ1v) is 6.11. The van der Waals surface area contributed by atoms with Crippen LogP contribution in [0.15, 0.2) is 0 Å². The Hall–Kier alpha value is 1.60. The Bertz CT molecular complexity index is 149. The second-order valence-electron chi connectivity index (χ2n) is 4.96. The van der Waals surface area contributed by atoms with E-state index in [4.69, 9.17) is 0 Å². The first-order valence-electron chi connectivity index (χ1n) is 6.11. The Morgan fingerprint density at radius 3 is 1.88 bits per heavy atom. The minimum absolute atomic E-state index is 0. The third kappa shape index (κ3) is 7.83. The molecule has 1 saturated heterocycles. The van der Waals surface area contributed by atoms with Crippen molar-refractivity contribution in [1.29, 1.82) is 0 Å². The number of likely N-dealkylation sites (tertiary alicyclic amines) is 1. The standard InChI is InChI=1S/C11H21N.C3H7.K/c1-5-11(4)6-8-12(9-7-11)10(2)3;1-3-2;/h10H,1,4-9H2,2-3H3;3H,1-2H3;/q-2;-1;+1. The zero-order valence-corrected chi connectivity index (χ0v) is 15.2. The minimum atomic E-state index is 0. The maximum Gasteiger partial charge on any atom is 1.00 e. The van der Waals surface area contributed by atoms with Crippen molar-refractivity contribution in [3.05, 3.63) is 20.3 Å². The van der Waals surface area contributed by atoms with Crippen LogP contribution in [0, 0.1) is 25.7 Å². The molecule has 0 N–H and O–H groups in total. The Balaban J connectivity index is 0. The van der Waals surface area contributed by atoms with E-state index in [9.17, 15) is 0 Å². The molecule has 0 aliphatic carbocycles.